The van der Waals surface area contributed by atoms with E-state index >= 15 is 0 Å². The maximum absolute atomic E-state index is 13.0. The number of hydrogen-bond donors (Lipinski definition) is 1. The van der Waals surface area contributed by atoms with Crippen molar-refractivity contribution in [3.05, 3.63) is 88.7 Å². The summed E-state index contributed by atoms with van der Waals surface area (Å²) >= 11 is 6.04. The van der Waals surface area contributed by atoms with Gasteiger partial charge < -0.3 is 10.1 Å². The van der Waals surface area contributed by atoms with Crippen LogP contribution in [0.25, 0.3) is 17.1 Å². The van der Waals surface area contributed by atoms with Gasteiger partial charge in [0.25, 0.3) is 5.91 Å². The lowest BCUT2D eigenvalue weighted by Crippen LogP contribution is -2.16. The summed E-state index contributed by atoms with van der Waals surface area (Å²) < 4.78 is 6.88. The van der Waals surface area contributed by atoms with Gasteiger partial charge in [-0.25, -0.2) is 9.67 Å². The minimum absolute atomic E-state index is 0.0726. The number of methoxy groups -OCH3 is 1. The van der Waals surface area contributed by atoms with Crippen LogP contribution in [0.5, 0.6) is 5.75 Å². The van der Waals surface area contributed by atoms with Crippen LogP contribution in [0.2, 0.25) is 5.02 Å². The second-order valence-electron chi connectivity index (χ2n) is 7.10. The Kier molecular flexibility index (Phi) is 5.73. The zero-order chi connectivity index (χ0) is 22.0. The highest BCUT2D eigenvalue weighted by atomic mass is 35.5. The summed E-state index contributed by atoms with van der Waals surface area (Å²) in [5.74, 6) is 0.960. The van der Waals surface area contributed by atoms with E-state index < -0.39 is 0 Å². The summed E-state index contributed by atoms with van der Waals surface area (Å²) in [6.07, 6.45) is 0. The molecule has 0 aliphatic carbocycles. The van der Waals surface area contributed by atoms with E-state index in [1.165, 1.54) is 0 Å². The van der Waals surface area contributed by atoms with E-state index in [0.717, 1.165) is 33.8 Å². The number of rotatable bonds is 5. The standard InChI is InChI=1S/C24H21ClN4O2/c1-15-5-4-6-16(2)21(15)26-24(30)22-27-23(17-7-9-18(25)10-8-17)29(28-22)19-11-13-20(31-3)14-12-19/h4-14H,1-3H3,(H,26,30). The fourth-order valence-corrected chi connectivity index (χ4v) is 3.40. The van der Waals surface area contributed by atoms with Crippen molar-refractivity contribution in [2.24, 2.45) is 0 Å². The number of carbonyl (C=O) groups is 1. The zero-order valence-corrected chi connectivity index (χ0v) is 18.1. The molecular formula is C24H21ClN4O2. The molecule has 1 heterocycles. The fraction of sp³-hybridized carbons (Fsp3) is 0.125. The Morgan fingerprint density at radius 2 is 1.61 bits per heavy atom. The molecule has 1 N–H and O–H groups in total. The second-order valence-corrected chi connectivity index (χ2v) is 7.53. The third kappa shape index (κ3) is 4.29. The van der Waals surface area contributed by atoms with Gasteiger partial charge in [-0.3, -0.25) is 4.79 Å². The van der Waals surface area contributed by atoms with Gasteiger partial charge in [0, 0.05) is 16.3 Å². The van der Waals surface area contributed by atoms with Crippen LogP contribution in [0, 0.1) is 13.8 Å². The predicted molar refractivity (Wildman–Crippen MR) is 122 cm³/mol. The molecule has 0 saturated heterocycles. The van der Waals surface area contributed by atoms with Gasteiger partial charge in [-0.15, -0.1) is 5.10 Å². The van der Waals surface area contributed by atoms with Crippen molar-refractivity contribution in [3.8, 4) is 22.8 Å². The van der Waals surface area contributed by atoms with E-state index in [9.17, 15) is 4.79 Å². The molecule has 31 heavy (non-hydrogen) atoms. The van der Waals surface area contributed by atoms with Crippen LogP contribution in [-0.4, -0.2) is 27.8 Å². The Labute approximate surface area is 185 Å². The monoisotopic (exact) mass is 432 g/mol. The molecule has 156 valence electrons. The van der Waals surface area contributed by atoms with Gasteiger partial charge in [-0.1, -0.05) is 29.8 Å². The normalized spacial score (nSPS) is 10.7. The Hall–Kier alpha value is -3.64. The van der Waals surface area contributed by atoms with E-state index in [2.05, 4.69) is 15.4 Å². The third-order valence-corrected chi connectivity index (χ3v) is 5.20. The van der Waals surface area contributed by atoms with Crippen molar-refractivity contribution in [1.29, 1.82) is 0 Å². The summed E-state index contributed by atoms with van der Waals surface area (Å²) in [7, 11) is 1.61. The molecule has 6 nitrogen and oxygen atoms in total. The first-order chi connectivity index (χ1) is 15.0. The summed E-state index contributed by atoms with van der Waals surface area (Å²) in [5.41, 5.74) is 4.26. The maximum Gasteiger partial charge on any atom is 0.295 e. The lowest BCUT2D eigenvalue weighted by atomic mass is 10.1. The quantitative estimate of drug-likeness (QED) is 0.454. The molecule has 4 rings (SSSR count). The molecule has 0 aliphatic heterocycles. The van der Waals surface area contributed by atoms with Crippen LogP contribution >= 0.6 is 11.6 Å². The molecule has 4 aromatic rings. The summed E-state index contributed by atoms with van der Waals surface area (Å²) in [6, 6.07) is 20.5. The van der Waals surface area contributed by atoms with Crippen molar-refractivity contribution < 1.29 is 9.53 Å². The highest BCUT2D eigenvalue weighted by molar-refractivity contribution is 6.30. The average Bonchev–Trinajstić information content (AvgIpc) is 3.22. The minimum atomic E-state index is -0.375. The van der Waals surface area contributed by atoms with Crippen LogP contribution in [0.4, 0.5) is 5.69 Å². The smallest absolute Gasteiger partial charge is 0.295 e. The van der Waals surface area contributed by atoms with Crippen LogP contribution in [-0.2, 0) is 0 Å². The molecule has 7 heteroatoms. The van der Waals surface area contributed by atoms with Crippen LogP contribution in [0.3, 0.4) is 0 Å². The topological polar surface area (TPSA) is 69.0 Å². The van der Waals surface area contributed by atoms with E-state index in [-0.39, 0.29) is 11.7 Å². The number of anilines is 1. The van der Waals surface area contributed by atoms with E-state index in [4.69, 9.17) is 16.3 Å². The highest BCUT2D eigenvalue weighted by Crippen LogP contribution is 2.25. The Morgan fingerprint density at radius 1 is 0.968 bits per heavy atom. The van der Waals surface area contributed by atoms with Crippen LogP contribution < -0.4 is 10.1 Å². The molecule has 0 saturated carbocycles. The third-order valence-electron chi connectivity index (χ3n) is 4.95. The highest BCUT2D eigenvalue weighted by Gasteiger charge is 2.20. The Bertz CT molecular complexity index is 1210. The molecule has 1 aromatic heterocycles. The first-order valence-corrected chi connectivity index (χ1v) is 10.1. The van der Waals surface area contributed by atoms with Crippen molar-refractivity contribution in [1.82, 2.24) is 14.8 Å². The molecule has 1 amide bonds. The number of nitrogens with one attached hydrogen (secondary N) is 1. The molecular weight excluding hydrogens is 412 g/mol. The number of aryl methyl sites for hydroxylation is 2. The summed E-state index contributed by atoms with van der Waals surface area (Å²) in [6.45, 7) is 3.90. The number of benzene rings is 3. The van der Waals surface area contributed by atoms with Crippen molar-refractivity contribution >= 4 is 23.2 Å². The Morgan fingerprint density at radius 3 is 2.23 bits per heavy atom. The number of halogens is 1. The first-order valence-electron chi connectivity index (χ1n) is 9.71. The number of hydrogen-bond acceptors (Lipinski definition) is 4. The number of para-hydroxylation sites is 1. The van der Waals surface area contributed by atoms with Gasteiger partial charge >= 0.3 is 0 Å². The number of carbonyl (C=O) groups excluding carboxylic acids is 1. The molecule has 0 fully saturated rings. The molecule has 0 unspecified atom stereocenters. The molecule has 0 aliphatic rings. The van der Waals surface area contributed by atoms with Crippen LogP contribution in [0.15, 0.2) is 66.7 Å². The zero-order valence-electron chi connectivity index (χ0n) is 17.4. The lowest BCUT2D eigenvalue weighted by molar-refractivity contribution is 0.101. The van der Waals surface area contributed by atoms with Gasteiger partial charge in [0.15, 0.2) is 5.82 Å². The lowest BCUT2D eigenvalue weighted by Gasteiger charge is -2.09. The predicted octanol–water partition coefficient (Wildman–Crippen LogP) is 5.47. The van der Waals surface area contributed by atoms with Crippen molar-refractivity contribution in [2.75, 3.05) is 12.4 Å². The van der Waals surface area contributed by atoms with E-state index in [1.54, 1.807) is 23.9 Å². The number of nitrogens with zero attached hydrogens (tertiary/aromatic N) is 3. The summed E-state index contributed by atoms with van der Waals surface area (Å²) in [4.78, 5) is 17.6. The van der Waals surface area contributed by atoms with Gasteiger partial charge in [0.05, 0.1) is 12.8 Å². The van der Waals surface area contributed by atoms with E-state index in [0.29, 0.717) is 10.8 Å². The number of ether oxygens (including phenoxy) is 1. The van der Waals surface area contributed by atoms with Crippen molar-refractivity contribution in [3.63, 3.8) is 0 Å². The maximum atomic E-state index is 13.0. The molecule has 3 aromatic carbocycles. The largest absolute Gasteiger partial charge is 0.497 e. The molecule has 0 atom stereocenters. The SMILES string of the molecule is COc1ccc(-n2nc(C(=O)Nc3c(C)cccc3C)nc2-c2ccc(Cl)cc2)cc1. The van der Waals surface area contributed by atoms with Crippen LogP contribution in [0.1, 0.15) is 21.7 Å². The van der Waals surface area contributed by atoms with Gasteiger partial charge in [0.2, 0.25) is 5.82 Å². The van der Waals surface area contributed by atoms with Gasteiger partial charge in [0.1, 0.15) is 5.75 Å². The first kappa shape index (κ1) is 20.6. The second kappa shape index (κ2) is 8.62. The number of amides is 1. The van der Waals surface area contributed by atoms with Gasteiger partial charge in [-0.2, -0.15) is 0 Å². The molecule has 0 spiro atoms. The van der Waals surface area contributed by atoms with E-state index in [1.807, 2.05) is 68.4 Å². The molecule has 0 bridgehead atoms. The average molecular weight is 433 g/mol. The van der Waals surface area contributed by atoms with Gasteiger partial charge in [-0.05, 0) is 73.5 Å². The fourth-order valence-electron chi connectivity index (χ4n) is 3.28. The minimum Gasteiger partial charge on any atom is -0.497 e. The van der Waals surface area contributed by atoms with Crippen molar-refractivity contribution in [2.45, 2.75) is 13.8 Å². The summed E-state index contributed by atoms with van der Waals surface area (Å²) in [5, 5.41) is 8.07. The molecule has 0 radical (unpaired) electrons. The number of aromatic nitrogens is 3. The Balaban J connectivity index is 1.76.